The van der Waals surface area contributed by atoms with Gasteiger partial charge >= 0.3 is 0 Å². The van der Waals surface area contributed by atoms with E-state index in [9.17, 15) is 0 Å². The van der Waals surface area contributed by atoms with Crippen molar-refractivity contribution < 1.29 is 0 Å². The van der Waals surface area contributed by atoms with E-state index >= 15 is 0 Å². The molecule has 1 aliphatic heterocycles. The molecule has 0 saturated carbocycles. The van der Waals surface area contributed by atoms with Crippen molar-refractivity contribution in [3.05, 3.63) is 21.8 Å². The van der Waals surface area contributed by atoms with Crippen molar-refractivity contribution in [2.24, 2.45) is 0 Å². The first-order chi connectivity index (χ1) is 8.22. The summed E-state index contributed by atoms with van der Waals surface area (Å²) < 4.78 is 0. The molecule has 0 aromatic carbocycles. The van der Waals surface area contributed by atoms with Crippen LogP contribution in [0.25, 0.3) is 10.7 Å². The van der Waals surface area contributed by atoms with E-state index in [1.54, 1.807) is 11.3 Å². The molecule has 1 aliphatic rings. The molecule has 4 nitrogen and oxygen atoms in total. The average molecular weight is 285 g/mol. The van der Waals surface area contributed by atoms with Crippen molar-refractivity contribution in [2.45, 2.75) is 12.2 Å². The smallest absolute Gasteiger partial charge is 0.227 e. The fraction of sp³-hybridized carbons (Fsp3) is 0.300. The SMILES string of the molecule is Nc1nc(Cl)nc(-c2cc3c(s2)CCSC3)n1. The summed E-state index contributed by atoms with van der Waals surface area (Å²) in [6.45, 7) is 0. The Hall–Kier alpha value is -0.850. The lowest BCUT2D eigenvalue weighted by atomic mass is 10.2. The molecular formula is C10H9ClN4S2. The minimum absolute atomic E-state index is 0.147. The minimum Gasteiger partial charge on any atom is -0.368 e. The molecule has 0 spiro atoms. The molecule has 0 radical (unpaired) electrons. The van der Waals surface area contributed by atoms with Gasteiger partial charge in [0.25, 0.3) is 0 Å². The predicted octanol–water partition coefficient (Wildman–Crippen LogP) is 2.63. The number of thiophene rings is 1. The summed E-state index contributed by atoms with van der Waals surface area (Å²) in [5.41, 5.74) is 6.96. The second-order valence-corrected chi connectivity index (χ2v) is 6.23. The monoisotopic (exact) mass is 284 g/mol. The number of nitrogens with zero attached hydrogens (tertiary/aromatic N) is 3. The van der Waals surface area contributed by atoms with Gasteiger partial charge in [-0.05, 0) is 35.4 Å². The Morgan fingerprint density at radius 1 is 1.29 bits per heavy atom. The highest BCUT2D eigenvalue weighted by molar-refractivity contribution is 7.98. The fourth-order valence-electron chi connectivity index (χ4n) is 1.73. The minimum atomic E-state index is 0.147. The summed E-state index contributed by atoms with van der Waals surface area (Å²) >= 11 is 9.47. The lowest BCUT2D eigenvalue weighted by Crippen LogP contribution is -1.98. The van der Waals surface area contributed by atoms with Gasteiger partial charge in [-0.15, -0.1) is 11.3 Å². The van der Waals surface area contributed by atoms with Gasteiger partial charge in [-0.3, -0.25) is 0 Å². The van der Waals surface area contributed by atoms with E-state index in [2.05, 4.69) is 21.0 Å². The molecule has 0 fully saturated rings. The molecule has 2 N–H and O–H groups in total. The van der Waals surface area contributed by atoms with Crippen LogP contribution in [0, 0.1) is 0 Å². The van der Waals surface area contributed by atoms with Crippen LogP contribution in [0.4, 0.5) is 5.95 Å². The molecule has 0 aliphatic carbocycles. The van der Waals surface area contributed by atoms with Crippen LogP contribution in [0.3, 0.4) is 0 Å². The van der Waals surface area contributed by atoms with Gasteiger partial charge in [-0.25, -0.2) is 0 Å². The van der Waals surface area contributed by atoms with Crippen LogP contribution in [-0.2, 0) is 12.2 Å². The number of anilines is 1. The standard InChI is InChI=1S/C10H9ClN4S2/c11-9-13-8(14-10(12)15-9)7-3-5-4-16-2-1-6(5)17-7/h3H,1-2,4H2,(H2,12,13,14,15). The maximum absolute atomic E-state index is 5.78. The molecule has 3 rings (SSSR count). The second kappa shape index (κ2) is 4.44. The van der Waals surface area contributed by atoms with E-state index in [4.69, 9.17) is 17.3 Å². The molecule has 0 unspecified atom stereocenters. The molecule has 0 bridgehead atoms. The van der Waals surface area contributed by atoms with Crippen molar-refractivity contribution in [1.82, 2.24) is 15.0 Å². The molecular weight excluding hydrogens is 276 g/mol. The highest BCUT2D eigenvalue weighted by Crippen LogP contribution is 2.35. The van der Waals surface area contributed by atoms with Gasteiger partial charge < -0.3 is 5.73 Å². The number of aromatic nitrogens is 3. The molecule has 0 amide bonds. The van der Waals surface area contributed by atoms with Crippen LogP contribution in [0.1, 0.15) is 10.4 Å². The van der Waals surface area contributed by atoms with Gasteiger partial charge in [0.1, 0.15) is 0 Å². The predicted molar refractivity (Wildman–Crippen MR) is 72.4 cm³/mol. The third kappa shape index (κ3) is 2.25. The number of nitrogens with two attached hydrogens (primary N) is 1. The first kappa shape index (κ1) is 11.3. The Bertz CT molecular complexity index is 526. The summed E-state index contributed by atoms with van der Waals surface area (Å²) in [7, 11) is 0. The summed E-state index contributed by atoms with van der Waals surface area (Å²) in [6, 6.07) is 2.14. The Labute approximate surface area is 112 Å². The third-order valence-electron chi connectivity index (χ3n) is 2.47. The zero-order valence-electron chi connectivity index (χ0n) is 8.81. The Morgan fingerprint density at radius 2 is 2.18 bits per heavy atom. The van der Waals surface area contributed by atoms with Crippen LogP contribution in [-0.4, -0.2) is 20.7 Å². The summed E-state index contributed by atoms with van der Waals surface area (Å²) in [5, 5.41) is 0.147. The first-order valence-corrected chi connectivity index (χ1v) is 7.44. The van der Waals surface area contributed by atoms with Crippen LogP contribution < -0.4 is 5.73 Å². The van der Waals surface area contributed by atoms with Gasteiger partial charge in [0.05, 0.1) is 4.88 Å². The molecule has 3 heterocycles. The molecule has 88 valence electrons. The van der Waals surface area contributed by atoms with E-state index in [0.717, 1.165) is 17.1 Å². The number of hydrogen-bond donors (Lipinski definition) is 1. The van der Waals surface area contributed by atoms with Crippen molar-refractivity contribution >= 4 is 40.6 Å². The number of fused-ring (bicyclic) bond motifs is 1. The van der Waals surface area contributed by atoms with Gasteiger partial charge in [-0.1, -0.05) is 0 Å². The largest absolute Gasteiger partial charge is 0.368 e. The normalized spacial score (nSPS) is 14.6. The van der Waals surface area contributed by atoms with Crippen LogP contribution in [0.2, 0.25) is 5.28 Å². The highest BCUT2D eigenvalue weighted by Gasteiger charge is 2.16. The van der Waals surface area contributed by atoms with Gasteiger partial charge in [0, 0.05) is 10.6 Å². The molecule has 2 aromatic heterocycles. The van der Waals surface area contributed by atoms with Gasteiger partial charge in [0.2, 0.25) is 11.2 Å². The lowest BCUT2D eigenvalue weighted by molar-refractivity contribution is 1.08. The second-order valence-electron chi connectivity index (χ2n) is 3.65. The Balaban J connectivity index is 2.05. The van der Waals surface area contributed by atoms with E-state index in [-0.39, 0.29) is 11.2 Å². The zero-order chi connectivity index (χ0) is 11.8. The van der Waals surface area contributed by atoms with Crippen LogP contribution in [0.5, 0.6) is 0 Å². The van der Waals surface area contributed by atoms with Crippen molar-refractivity contribution in [3.63, 3.8) is 0 Å². The van der Waals surface area contributed by atoms with Crippen molar-refractivity contribution in [3.8, 4) is 10.7 Å². The third-order valence-corrected chi connectivity index (χ3v) is 4.88. The number of halogens is 1. The number of thioether (sulfide) groups is 1. The van der Waals surface area contributed by atoms with E-state index in [1.165, 1.54) is 16.2 Å². The topological polar surface area (TPSA) is 64.7 Å². The van der Waals surface area contributed by atoms with E-state index in [1.807, 2.05) is 11.8 Å². The molecule has 17 heavy (non-hydrogen) atoms. The number of aryl methyl sites for hydroxylation is 1. The van der Waals surface area contributed by atoms with Crippen molar-refractivity contribution in [1.29, 1.82) is 0 Å². The number of rotatable bonds is 1. The van der Waals surface area contributed by atoms with E-state index < -0.39 is 0 Å². The quantitative estimate of drug-likeness (QED) is 0.872. The van der Waals surface area contributed by atoms with Crippen LogP contribution in [0.15, 0.2) is 6.07 Å². The molecule has 2 aromatic rings. The first-order valence-electron chi connectivity index (χ1n) is 5.09. The maximum atomic E-state index is 5.78. The summed E-state index contributed by atoms with van der Waals surface area (Å²) in [6.07, 6.45) is 1.12. The molecule has 0 atom stereocenters. The molecule has 0 saturated heterocycles. The average Bonchev–Trinajstić information content (AvgIpc) is 2.71. The lowest BCUT2D eigenvalue weighted by Gasteiger charge is -2.08. The summed E-state index contributed by atoms with van der Waals surface area (Å²) in [4.78, 5) is 14.4. The molecule has 7 heteroatoms. The Kier molecular flexibility index (Phi) is 2.94. The van der Waals surface area contributed by atoms with Crippen LogP contribution >= 0.6 is 34.7 Å². The zero-order valence-corrected chi connectivity index (χ0v) is 11.2. The van der Waals surface area contributed by atoms with Gasteiger partial charge in [0.15, 0.2) is 5.82 Å². The van der Waals surface area contributed by atoms with Gasteiger partial charge in [-0.2, -0.15) is 26.7 Å². The number of hydrogen-bond acceptors (Lipinski definition) is 6. The highest BCUT2D eigenvalue weighted by atomic mass is 35.5. The summed E-state index contributed by atoms with van der Waals surface area (Å²) in [5.74, 6) is 3.00. The van der Waals surface area contributed by atoms with Crippen molar-refractivity contribution in [2.75, 3.05) is 11.5 Å². The van der Waals surface area contributed by atoms with E-state index in [0.29, 0.717) is 5.82 Å². The Morgan fingerprint density at radius 3 is 2.94 bits per heavy atom. The fourth-order valence-corrected chi connectivity index (χ4v) is 4.21. The number of nitrogen functional groups attached to an aromatic ring is 1. The maximum Gasteiger partial charge on any atom is 0.227 e.